The van der Waals surface area contributed by atoms with E-state index in [0.29, 0.717) is 12.3 Å². The van der Waals surface area contributed by atoms with Gasteiger partial charge >= 0.3 is 0 Å². The molecule has 0 aromatic heterocycles. The molecule has 0 atom stereocenters. The van der Waals surface area contributed by atoms with Gasteiger partial charge in [0.2, 0.25) is 0 Å². The lowest BCUT2D eigenvalue weighted by Crippen LogP contribution is -2.04. The molecule has 1 aromatic rings. The van der Waals surface area contributed by atoms with Gasteiger partial charge in [-0.05, 0) is 36.8 Å². The smallest absolute Gasteiger partial charge is 0.155 e. The van der Waals surface area contributed by atoms with E-state index in [-0.39, 0.29) is 5.78 Å². The van der Waals surface area contributed by atoms with Gasteiger partial charge in [-0.1, -0.05) is 55.7 Å². The van der Waals surface area contributed by atoms with E-state index in [1.807, 2.05) is 24.3 Å². The maximum absolute atomic E-state index is 11.8. The van der Waals surface area contributed by atoms with Gasteiger partial charge in [0.15, 0.2) is 5.78 Å². The molecule has 0 unspecified atom stereocenters. The Morgan fingerprint density at radius 2 is 1.83 bits per heavy atom. The Morgan fingerprint density at radius 1 is 1.11 bits per heavy atom. The molecule has 2 rings (SSSR count). The fourth-order valence-corrected chi connectivity index (χ4v) is 2.57. The number of carbonyl (C=O) groups is 1. The van der Waals surface area contributed by atoms with Crippen molar-refractivity contribution in [3.8, 4) is 0 Å². The molecule has 0 radical (unpaired) electrons. The Bertz CT molecular complexity index is 385. The van der Waals surface area contributed by atoms with E-state index >= 15 is 0 Å². The van der Waals surface area contributed by atoms with Crippen molar-refractivity contribution in [3.05, 3.63) is 48.0 Å². The second-order valence-electron chi connectivity index (χ2n) is 5.21. The summed E-state index contributed by atoms with van der Waals surface area (Å²) in [6.07, 6.45) is 12.0. The second kappa shape index (κ2) is 7.15. The summed E-state index contributed by atoms with van der Waals surface area (Å²) < 4.78 is 0. The van der Waals surface area contributed by atoms with Crippen LogP contribution in [0.25, 0.3) is 0 Å². The molecule has 1 aromatic carbocycles. The molecule has 0 amide bonds. The first kappa shape index (κ1) is 13.1. The van der Waals surface area contributed by atoms with Crippen molar-refractivity contribution in [2.75, 3.05) is 0 Å². The average molecular weight is 242 g/mol. The van der Waals surface area contributed by atoms with Crippen LogP contribution in [-0.2, 0) is 11.2 Å². The first-order chi connectivity index (χ1) is 8.84. The van der Waals surface area contributed by atoms with E-state index in [1.165, 1.54) is 37.7 Å². The molecule has 0 aliphatic heterocycles. The molecule has 1 heteroatoms. The Kier molecular flexibility index (Phi) is 5.19. The zero-order chi connectivity index (χ0) is 12.6. The minimum absolute atomic E-state index is 0.268. The SMILES string of the molecule is O=C(/C=C/C1CCCCC1)CCc1ccccc1. The first-order valence-corrected chi connectivity index (χ1v) is 7.09. The topological polar surface area (TPSA) is 17.1 Å². The molecule has 96 valence electrons. The van der Waals surface area contributed by atoms with E-state index in [4.69, 9.17) is 0 Å². The van der Waals surface area contributed by atoms with E-state index in [1.54, 1.807) is 0 Å². The Morgan fingerprint density at radius 3 is 2.56 bits per heavy atom. The molecule has 0 N–H and O–H groups in total. The average Bonchev–Trinajstić information content (AvgIpc) is 2.45. The molecule has 0 heterocycles. The number of hydrogen-bond acceptors (Lipinski definition) is 1. The predicted octanol–water partition coefficient (Wildman–Crippen LogP) is 4.32. The third kappa shape index (κ3) is 4.48. The van der Waals surface area contributed by atoms with Crippen molar-refractivity contribution in [3.63, 3.8) is 0 Å². The summed E-state index contributed by atoms with van der Waals surface area (Å²) in [6.45, 7) is 0. The van der Waals surface area contributed by atoms with Gasteiger partial charge in [-0.25, -0.2) is 0 Å². The molecule has 18 heavy (non-hydrogen) atoms. The summed E-state index contributed by atoms with van der Waals surface area (Å²) in [5.74, 6) is 0.920. The molecule has 0 spiro atoms. The van der Waals surface area contributed by atoms with Crippen molar-refractivity contribution >= 4 is 5.78 Å². The van der Waals surface area contributed by atoms with Gasteiger partial charge in [0.05, 0.1) is 0 Å². The van der Waals surface area contributed by atoms with Gasteiger partial charge in [-0.3, -0.25) is 4.79 Å². The molecule has 1 nitrogen and oxygen atoms in total. The minimum Gasteiger partial charge on any atom is -0.295 e. The summed E-state index contributed by atoms with van der Waals surface area (Å²) in [6, 6.07) is 10.2. The number of benzene rings is 1. The van der Waals surface area contributed by atoms with Crippen molar-refractivity contribution in [2.24, 2.45) is 5.92 Å². The fraction of sp³-hybridized carbons (Fsp3) is 0.471. The van der Waals surface area contributed by atoms with Crippen molar-refractivity contribution in [1.29, 1.82) is 0 Å². The van der Waals surface area contributed by atoms with Crippen molar-refractivity contribution in [1.82, 2.24) is 0 Å². The lowest BCUT2D eigenvalue weighted by Gasteiger charge is -2.17. The summed E-state index contributed by atoms with van der Waals surface area (Å²) in [7, 11) is 0. The molecule has 0 saturated heterocycles. The zero-order valence-electron chi connectivity index (χ0n) is 11.0. The summed E-state index contributed by atoms with van der Waals surface area (Å²) in [4.78, 5) is 11.8. The number of allylic oxidation sites excluding steroid dienone is 2. The highest BCUT2D eigenvalue weighted by molar-refractivity contribution is 5.89. The highest BCUT2D eigenvalue weighted by atomic mass is 16.1. The summed E-state index contributed by atoms with van der Waals surface area (Å²) in [5, 5.41) is 0. The maximum Gasteiger partial charge on any atom is 0.155 e. The zero-order valence-corrected chi connectivity index (χ0v) is 11.0. The van der Waals surface area contributed by atoms with Crippen LogP contribution in [0.15, 0.2) is 42.5 Å². The lowest BCUT2D eigenvalue weighted by molar-refractivity contribution is -0.114. The lowest BCUT2D eigenvalue weighted by atomic mass is 9.89. The van der Waals surface area contributed by atoms with E-state index in [2.05, 4.69) is 18.2 Å². The quantitative estimate of drug-likeness (QED) is 0.703. The molecule has 1 aliphatic carbocycles. The minimum atomic E-state index is 0.268. The van der Waals surface area contributed by atoms with Gasteiger partial charge in [-0.2, -0.15) is 0 Å². The van der Waals surface area contributed by atoms with Crippen LogP contribution in [0.2, 0.25) is 0 Å². The third-order valence-corrected chi connectivity index (χ3v) is 3.71. The number of rotatable bonds is 5. The third-order valence-electron chi connectivity index (χ3n) is 3.71. The monoisotopic (exact) mass is 242 g/mol. The van der Waals surface area contributed by atoms with Gasteiger partial charge < -0.3 is 0 Å². The number of hydrogen-bond donors (Lipinski definition) is 0. The number of aryl methyl sites for hydroxylation is 1. The van der Waals surface area contributed by atoms with Crippen molar-refractivity contribution in [2.45, 2.75) is 44.9 Å². The fourth-order valence-electron chi connectivity index (χ4n) is 2.57. The molecule has 1 fully saturated rings. The molecular weight excluding hydrogens is 220 g/mol. The highest BCUT2D eigenvalue weighted by Gasteiger charge is 2.10. The Labute approximate surface area is 110 Å². The van der Waals surface area contributed by atoms with Gasteiger partial charge in [0.1, 0.15) is 0 Å². The molecule has 1 saturated carbocycles. The Balaban J connectivity index is 1.73. The van der Waals surface area contributed by atoms with Crippen LogP contribution < -0.4 is 0 Å². The van der Waals surface area contributed by atoms with Crippen LogP contribution in [0, 0.1) is 5.92 Å². The molecule has 0 bridgehead atoms. The van der Waals surface area contributed by atoms with Gasteiger partial charge in [0, 0.05) is 6.42 Å². The van der Waals surface area contributed by atoms with Gasteiger partial charge in [0.25, 0.3) is 0 Å². The van der Waals surface area contributed by atoms with Crippen LogP contribution in [0.5, 0.6) is 0 Å². The van der Waals surface area contributed by atoms with E-state index < -0.39 is 0 Å². The Hall–Kier alpha value is -1.37. The number of carbonyl (C=O) groups excluding carboxylic acids is 1. The normalized spacial score (nSPS) is 17.1. The second-order valence-corrected chi connectivity index (χ2v) is 5.21. The molecular formula is C17H22O. The summed E-state index contributed by atoms with van der Waals surface area (Å²) >= 11 is 0. The largest absolute Gasteiger partial charge is 0.295 e. The van der Waals surface area contributed by atoms with Crippen LogP contribution in [0.1, 0.15) is 44.1 Å². The van der Waals surface area contributed by atoms with Crippen LogP contribution in [0.4, 0.5) is 0 Å². The predicted molar refractivity (Wildman–Crippen MR) is 75.5 cm³/mol. The first-order valence-electron chi connectivity index (χ1n) is 7.09. The standard InChI is InChI=1S/C17H22O/c18-17(13-11-15-7-3-1-4-8-15)14-12-16-9-5-2-6-10-16/h1,3-4,7-8,12,14,16H,2,5-6,9-11,13H2/b14-12+. The summed E-state index contributed by atoms with van der Waals surface area (Å²) in [5.41, 5.74) is 1.25. The highest BCUT2D eigenvalue weighted by Crippen LogP contribution is 2.24. The van der Waals surface area contributed by atoms with Crippen molar-refractivity contribution < 1.29 is 4.79 Å². The van der Waals surface area contributed by atoms with Crippen LogP contribution in [-0.4, -0.2) is 5.78 Å². The van der Waals surface area contributed by atoms with Crippen LogP contribution >= 0.6 is 0 Å². The van der Waals surface area contributed by atoms with Gasteiger partial charge in [-0.15, -0.1) is 0 Å². The van der Waals surface area contributed by atoms with E-state index in [0.717, 1.165) is 6.42 Å². The number of ketones is 1. The van der Waals surface area contributed by atoms with E-state index in [9.17, 15) is 4.79 Å². The maximum atomic E-state index is 11.8. The van der Waals surface area contributed by atoms with Crippen LogP contribution in [0.3, 0.4) is 0 Å². The molecule has 1 aliphatic rings.